The van der Waals surface area contributed by atoms with Gasteiger partial charge in [-0.25, -0.2) is 10.3 Å². The Kier molecular flexibility index (Phi) is 8.71. The second kappa shape index (κ2) is 12.3. The van der Waals surface area contributed by atoms with Gasteiger partial charge in [-0.15, -0.1) is 0 Å². The van der Waals surface area contributed by atoms with Crippen molar-refractivity contribution in [3.8, 4) is 11.1 Å². The van der Waals surface area contributed by atoms with E-state index in [1.165, 1.54) is 4.90 Å². The summed E-state index contributed by atoms with van der Waals surface area (Å²) in [6, 6.07) is 22.6. The molecule has 1 aliphatic carbocycles. The van der Waals surface area contributed by atoms with E-state index in [1.54, 1.807) is 26.8 Å². The van der Waals surface area contributed by atoms with Crippen LogP contribution in [-0.2, 0) is 16.1 Å². The van der Waals surface area contributed by atoms with Crippen molar-refractivity contribution in [3.05, 3.63) is 99.5 Å². The number of nitrogens with zero attached hydrogens (tertiary/aromatic N) is 3. The van der Waals surface area contributed by atoms with Gasteiger partial charge in [0.2, 0.25) is 0 Å². The Labute approximate surface area is 256 Å². The van der Waals surface area contributed by atoms with Gasteiger partial charge in [0.25, 0.3) is 5.91 Å². The molecular formula is C33H34Cl2N4O3. The Morgan fingerprint density at radius 1 is 0.976 bits per heavy atom. The summed E-state index contributed by atoms with van der Waals surface area (Å²) in [5.41, 5.74) is 12.0. The van der Waals surface area contributed by atoms with Crippen molar-refractivity contribution < 1.29 is 14.3 Å². The van der Waals surface area contributed by atoms with E-state index in [1.807, 2.05) is 71.6 Å². The minimum absolute atomic E-state index is 0.0389. The topological polar surface area (TPSA) is 86.1 Å². The smallest absolute Gasteiger partial charge is 0.410 e. The van der Waals surface area contributed by atoms with Crippen molar-refractivity contribution in [3.63, 3.8) is 0 Å². The zero-order valence-corrected chi connectivity index (χ0v) is 25.5. The van der Waals surface area contributed by atoms with E-state index in [2.05, 4.69) is 5.11 Å². The lowest BCUT2D eigenvalue weighted by atomic mass is 9.87. The average molecular weight is 606 g/mol. The summed E-state index contributed by atoms with van der Waals surface area (Å²) in [6.45, 7) is 5.84. The summed E-state index contributed by atoms with van der Waals surface area (Å²) in [5.74, 6) is -0.212. The molecule has 3 aromatic rings. The van der Waals surface area contributed by atoms with Crippen LogP contribution in [0.3, 0.4) is 0 Å². The largest absolute Gasteiger partial charge is 0.444 e. The van der Waals surface area contributed by atoms with E-state index in [0.717, 1.165) is 35.1 Å². The number of carbonyl (C=O) groups is 2. The van der Waals surface area contributed by atoms with Crippen molar-refractivity contribution in [2.75, 3.05) is 13.1 Å². The van der Waals surface area contributed by atoms with Crippen LogP contribution < -0.4 is 0 Å². The summed E-state index contributed by atoms with van der Waals surface area (Å²) < 4.78 is 5.67. The van der Waals surface area contributed by atoms with Crippen molar-refractivity contribution in [1.29, 1.82) is 5.53 Å². The van der Waals surface area contributed by atoms with Crippen LogP contribution in [-0.4, -0.2) is 52.6 Å². The SMILES string of the molecule is CC(C)(C)OC(=O)N1CC(C(=O)N(Cc2cccc(Cl)c2Cl)C2CC2)=C(c2cccc(-c3ccccc3)c2)C(N=N)C1. The van der Waals surface area contributed by atoms with Crippen molar-refractivity contribution in [1.82, 2.24) is 9.80 Å². The van der Waals surface area contributed by atoms with Gasteiger partial charge in [0.05, 0.1) is 23.1 Å². The third-order valence-corrected chi connectivity index (χ3v) is 8.23. The predicted molar refractivity (Wildman–Crippen MR) is 166 cm³/mol. The standard InChI is InChI=1S/C33H34Cl2N4O3/c1-33(2,3)42-32(41)38-19-26(31(40)39(25-15-16-25)18-24-13-8-14-27(34)30(24)35)29(28(20-38)37-36)23-12-7-11-22(17-23)21-9-5-4-6-10-21/h4-14,17,25,28,36H,15-16,18-20H2,1-3H3. The molecule has 5 rings (SSSR count). The Morgan fingerprint density at radius 2 is 1.64 bits per heavy atom. The first-order valence-electron chi connectivity index (χ1n) is 14.0. The normalized spacial score (nSPS) is 17.2. The molecule has 0 spiro atoms. The number of rotatable bonds is 7. The molecule has 1 saturated carbocycles. The number of amides is 2. The van der Waals surface area contributed by atoms with Crippen molar-refractivity contribution in [2.24, 2.45) is 5.11 Å². The first-order valence-corrected chi connectivity index (χ1v) is 14.8. The maximum absolute atomic E-state index is 14.5. The van der Waals surface area contributed by atoms with Gasteiger partial charge in [-0.2, -0.15) is 5.11 Å². The summed E-state index contributed by atoms with van der Waals surface area (Å²) in [4.78, 5) is 31.1. The van der Waals surface area contributed by atoms with Crippen LogP contribution in [0.1, 0.15) is 44.7 Å². The zero-order chi connectivity index (χ0) is 30.0. The molecule has 9 heteroatoms. The molecule has 1 heterocycles. The fourth-order valence-electron chi connectivity index (χ4n) is 5.24. The summed E-state index contributed by atoms with van der Waals surface area (Å²) >= 11 is 12.8. The molecule has 0 saturated heterocycles. The van der Waals surface area contributed by atoms with Gasteiger partial charge in [-0.1, -0.05) is 83.9 Å². The molecule has 2 amide bonds. The third kappa shape index (κ3) is 6.69. The average Bonchev–Trinajstić information content (AvgIpc) is 3.82. The van der Waals surface area contributed by atoms with E-state index < -0.39 is 17.7 Å². The van der Waals surface area contributed by atoms with Gasteiger partial charge in [-0.05, 0) is 73.6 Å². The number of hydrogen-bond donors (Lipinski definition) is 1. The molecule has 2 aliphatic rings. The Morgan fingerprint density at radius 3 is 2.31 bits per heavy atom. The highest BCUT2D eigenvalue weighted by atomic mass is 35.5. The molecular weight excluding hydrogens is 571 g/mol. The second-order valence-electron chi connectivity index (χ2n) is 11.7. The Hall–Kier alpha value is -3.68. The highest BCUT2D eigenvalue weighted by Gasteiger charge is 2.40. The first-order chi connectivity index (χ1) is 20.1. The number of carbonyl (C=O) groups excluding carboxylic acids is 2. The fourth-order valence-corrected chi connectivity index (χ4v) is 5.62. The van der Waals surface area contributed by atoms with Gasteiger partial charge in [0, 0.05) is 18.2 Å². The van der Waals surface area contributed by atoms with E-state index >= 15 is 0 Å². The maximum Gasteiger partial charge on any atom is 0.410 e. The number of hydrogen-bond acceptors (Lipinski definition) is 5. The molecule has 1 unspecified atom stereocenters. The third-order valence-electron chi connectivity index (χ3n) is 7.37. The van der Waals surface area contributed by atoms with Crippen LogP contribution in [0.15, 0.2) is 83.5 Å². The lowest BCUT2D eigenvalue weighted by molar-refractivity contribution is -0.128. The Balaban J connectivity index is 1.61. The van der Waals surface area contributed by atoms with Crippen LogP contribution in [0, 0.1) is 5.53 Å². The summed E-state index contributed by atoms with van der Waals surface area (Å²) in [7, 11) is 0. The highest BCUT2D eigenvalue weighted by molar-refractivity contribution is 6.42. The second-order valence-corrected chi connectivity index (χ2v) is 12.5. The molecule has 0 bridgehead atoms. The number of nitrogens with one attached hydrogen (secondary N) is 1. The van der Waals surface area contributed by atoms with Crippen LogP contribution in [0.5, 0.6) is 0 Å². The molecule has 0 radical (unpaired) electrons. The van der Waals surface area contributed by atoms with Gasteiger partial charge in [-0.3, -0.25) is 4.79 Å². The first kappa shape index (κ1) is 29.8. The lowest BCUT2D eigenvalue weighted by Crippen LogP contribution is -2.48. The monoisotopic (exact) mass is 604 g/mol. The van der Waals surface area contributed by atoms with Gasteiger partial charge >= 0.3 is 6.09 Å². The van der Waals surface area contributed by atoms with Gasteiger partial charge in [0.15, 0.2) is 0 Å². The van der Waals surface area contributed by atoms with Crippen LogP contribution in [0.25, 0.3) is 16.7 Å². The summed E-state index contributed by atoms with van der Waals surface area (Å²) in [5, 5.41) is 4.78. The van der Waals surface area contributed by atoms with Crippen LogP contribution in [0.2, 0.25) is 10.0 Å². The maximum atomic E-state index is 14.5. The number of ether oxygens (including phenoxy) is 1. The molecule has 7 nitrogen and oxygen atoms in total. The Bertz CT molecular complexity index is 1530. The molecule has 1 aliphatic heterocycles. The lowest BCUT2D eigenvalue weighted by Gasteiger charge is -2.36. The van der Waals surface area contributed by atoms with Gasteiger partial charge < -0.3 is 14.5 Å². The van der Waals surface area contributed by atoms with Crippen LogP contribution >= 0.6 is 23.2 Å². The summed E-state index contributed by atoms with van der Waals surface area (Å²) in [6.07, 6.45) is 1.20. The minimum Gasteiger partial charge on any atom is -0.444 e. The quantitative estimate of drug-likeness (QED) is 0.275. The van der Waals surface area contributed by atoms with Gasteiger partial charge in [0.1, 0.15) is 11.6 Å². The molecule has 3 aromatic carbocycles. The molecule has 1 atom stereocenters. The highest BCUT2D eigenvalue weighted by Crippen LogP contribution is 2.38. The zero-order valence-electron chi connectivity index (χ0n) is 23.9. The van der Waals surface area contributed by atoms with Crippen LogP contribution in [0.4, 0.5) is 4.79 Å². The fraction of sp³-hybridized carbons (Fsp3) is 0.333. The molecule has 1 N–H and O–H groups in total. The number of halogens is 2. The molecule has 218 valence electrons. The van der Waals surface area contributed by atoms with E-state index in [-0.39, 0.29) is 31.6 Å². The molecule has 42 heavy (non-hydrogen) atoms. The molecule has 1 fully saturated rings. The van der Waals surface area contributed by atoms with E-state index in [0.29, 0.717) is 21.2 Å². The van der Waals surface area contributed by atoms with E-state index in [4.69, 9.17) is 33.5 Å². The number of benzene rings is 3. The van der Waals surface area contributed by atoms with Crippen molar-refractivity contribution >= 4 is 40.8 Å². The molecule has 0 aromatic heterocycles. The van der Waals surface area contributed by atoms with Crippen molar-refractivity contribution in [2.45, 2.75) is 57.8 Å². The minimum atomic E-state index is -0.743. The predicted octanol–water partition coefficient (Wildman–Crippen LogP) is 8.26. The van der Waals surface area contributed by atoms with E-state index in [9.17, 15) is 9.59 Å².